The number of nitrogens with zero attached hydrogens (tertiary/aromatic N) is 1. The highest BCUT2D eigenvalue weighted by Crippen LogP contribution is 2.35. The molecule has 0 aromatic heterocycles. The van der Waals surface area contributed by atoms with Gasteiger partial charge >= 0.3 is 0 Å². The van der Waals surface area contributed by atoms with Crippen molar-refractivity contribution in [2.24, 2.45) is 0 Å². The number of anilines is 1. The molecule has 2 heterocycles. The Morgan fingerprint density at radius 1 is 0.818 bits per heavy atom. The molecule has 2 amide bonds. The van der Waals surface area contributed by atoms with Crippen molar-refractivity contribution in [3.63, 3.8) is 0 Å². The van der Waals surface area contributed by atoms with Crippen molar-refractivity contribution >= 4 is 23.1 Å². The molecule has 0 fully saturated rings. The number of hydrogen-bond donors (Lipinski definition) is 1. The lowest BCUT2D eigenvalue weighted by molar-refractivity contribution is -0.137. The van der Waals surface area contributed by atoms with Gasteiger partial charge in [-0.25, -0.2) is 0 Å². The van der Waals surface area contributed by atoms with Gasteiger partial charge in [0.05, 0.1) is 12.1 Å². The average molecular weight is 440 g/mol. The number of amides is 2. The molecule has 0 saturated carbocycles. The number of nitrogens with one attached hydrogen (secondary N) is 1. The van der Waals surface area contributed by atoms with Crippen molar-refractivity contribution in [2.75, 3.05) is 12.1 Å². The Kier molecular flexibility index (Phi) is 5.13. The summed E-state index contributed by atoms with van der Waals surface area (Å²) in [4.78, 5) is 28.3. The Morgan fingerprint density at radius 2 is 1.58 bits per heavy atom. The smallest absolute Gasteiger partial charge is 0.278 e. The van der Waals surface area contributed by atoms with Gasteiger partial charge in [0.2, 0.25) is 6.79 Å². The fourth-order valence-electron chi connectivity index (χ4n) is 4.01. The van der Waals surface area contributed by atoms with E-state index >= 15 is 0 Å². The third-order valence-corrected chi connectivity index (χ3v) is 6.06. The number of ether oxygens (including phenoxy) is 2. The minimum Gasteiger partial charge on any atom is -0.454 e. The Morgan fingerprint density at radius 3 is 2.33 bits per heavy atom. The first kappa shape index (κ1) is 20.8. The van der Waals surface area contributed by atoms with E-state index in [9.17, 15) is 9.59 Å². The normalized spacial score (nSPS) is 14.9. The third-order valence-electron chi connectivity index (χ3n) is 6.06. The molecule has 5 rings (SSSR count). The van der Waals surface area contributed by atoms with E-state index in [-0.39, 0.29) is 30.8 Å². The second-order valence-corrected chi connectivity index (χ2v) is 8.42. The highest BCUT2D eigenvalue weighted by atomic mass is 16.7. The number of carbonyl (C=O) groups excluding carboxylic acids is 2. The maximum absolute atomic E-state index is 13.5. The summed E-state index contributed by atoms with van der Waals surface area (Å²) >= 11 is 0. The second-order valence-electron chi connectivity index (χ2n) is 8.42. The summed E-state index contributed by atoms with van der Waals surface area (Å²) in [5, 5.41) is 3.23. The molecule has 0 saturated heterocycles. The molecule has 6 heteroatoms. The maximum Gasteiger partial charge on any atom is 0.278 e. The summed E-state index contributed by atoms with van der Waals surface area (Å²) in [6.45, 7) is 6.35. The average Bonchev–Trinajstić information content (AvgIpc) is 3.35. The summed E-state index contributed by atoms with van der Waals surface area (Å²) in [5.74, 6) is 0.597. The van der Waals surface area contributed by atoms with Crippen molar-refractivity contribution < 1.29 is 19.1 Å². The first-order chi connectivity index (χ1) is 15.9. The largest absolute Gasteiger partial charge is 0.454 e. The molecule has 2 aliphatic rings. The molecular formula is C27H24N2O4. The second kappa shape index (κ2) is 8.13. The molecule has 3 aromatic rings. The molecule has 3 aromatic carbocycles. The monoisotopic (exact) mass is 440 g/mol. The summed E-state index contributed by atoms with van der Waals surface area (Å²) in [5.41, 5.74) is 6.26. The van der Waals surface area contributed by atoms with Crippen LogP contribution in [0, 0.1) is 20.8 Å². The SMILES string of the molecule is Cc1ccc(C2=C(Nc3ccc(C)c(C)c3)C(=O)N(Cc3ccc4c(c3)OCO4)C2=O)cc1. The van der Waals surface area contributed by atoms with Gasteiger partial charge in [-0.05, 0) is 67.3 Å². The molecule has 33 heavy (non-hydrogen) atoms. The molecule has 166 valence electrons. The lowest BCUT2D eigenvalue weighted by atomic mass is 10.0. The lowest BCUT2D eigenvalue weighted by Crippen LogP contribution is -2.32. The van der Waals surface area contributed by atoms with E-state index in [1.54, 1.807) is 6.07 Å². The number of benzene rings is 3. The van der Waals surface area contributed by atoms with Gasteiger partial charge in [-0.1, -0.05) is 42.0 Å². The van der Waals surface area contributed by atoms with Gasteiger partial charge < -0.3 is 14.8 Å². The van der Waals surface area contributed by atoms with Crippen molar-refractivity contribution in [1.29, 1.82) is 0 Å². The van der Waals surface area contributed by atoms with E-state index in [4.69, 9.17) is 9.47 Å². The van der Waals surface area contributed by atoms with Crippen LogP contribution in [0.5, 0.6) is 11.5 Å². The van der Waals surface area contributed by atoms with Gasteiger partial charge in [-0.2, -0.15) is 0 Å². The fraction of sp³-hybridized carbons (Fsp3) is 0.185. The van der Waals surface area contributed by atoms with Gasteiger partial charge in [-0.15, -0.1) is 0 Å². The van der Waals surface area contributed by atoms with Crippen LogP contribution in [0.25, 0.3) is 5.57 Å². The van der Waals surface area contributed by atoms with E-state index in [2.05, 4.69) is 5.32 Å². The van der Waals surface area contributed by atoms with Crippen LogP contribution in [0.4, 0.5) is 5.69 Å². The van der Waals surface area contributed by atoms with Crippen LogP contribution in [-0.2, 0) is 16.1 Å². The molecule has 0 bridgehead atoms. The van der Waals surface area contributed by atoms with Crippen LogP contribution >= 0.6 is 0 Å². The van der Waals surface area contributed by atoms with E-state index < -0.39 is 0 Å². The summed E-state index contributed by atoms with van der Waals surface area (Å²) < 4.78 is 10.8. The number of rotatable bonds is 5. The van der Waals surface area contributed by atoms with Gasteiger partial charge in [-0.3, -0.25) is 14.5 Å². The van der Waals surface area contributed by atoms with Crippen molar-refractivity contribution in [1.82, 2.24) is 4.90 Å². The summed E-state index contributed by atoms with van der Waals surface area (Å²) in [6.07, 6.45) is 0. The molecule has 2 aliphatic heterocycles. The van der Waals surface area contributed by atoms with E-state index in [0.29, 0.717) is 22.6 Å². The Hall–Kier alpha value is -4.06. The van der Waals surface area contributed by atoms with E-state index in [1.165, 1.54) is 4.90 Å². The zero-order valence-electron chi connectivity index (χ0n) is 18.8. The van der Waals surface area contributed by atoms with Crippen molar-refractivity contribution in [2.45, 2.75) is 27.3 Å². The maximum atomic E-state index is 13.5. The van der Waals surface area contributed by atoms with E-state index in [1.807, 2.05) is 75.4 Å². The minimum absolute atomic E-state index is 0.141. The predicted molar refractivity (Wildman–Crippen MR) is 126 cm³/mol. The molecule has 0 spiro atoms. The topological polar surface area (TPSA) is 67.9 Å². The predicted octanol–water partition coefficient (Wildman–Crippen LogP) is 4.73. The van der Waals surface area contributed by atoms with Crippen LogP contribution in [0.3, 0.4) is 0 Å². The fourth-order valence-corrected chi connectivity index (χ4v) is 4.01. The van der Waals surface area contributed by atoms with Crippen molar-refractivity contribution in [3.8, 4) is 11.5 Å². The number of hydrogen-bond acceptors (Lipinski definition) is 5. The van der Waals surface area contributed by atoms with Crippen molar-refractivity contribution in [3.05, 3.63) is 94.2 Å². The first-order valence-corrected chi connectivity index (χ1v) is 10.8. The Labute approximate surface area is 192 Å². The number of imide groups is 1. The Bertz CT molecular complexity index is 1310. The molecule has 0 aliphatic carbocycles. The number of fused-ring (bicyclic) bond motifs is 1. The Balaban J connectivity index is 1.51. The molecule has 0 radical (unpaired) electrons. The van der Waals surface area contributed by atoms with Gasteiger partial charge in [0.25, 0.3) is 11.8 Å². The van der Waals surface area contributed by atoms with Gasteiger partial charge in [0, 0.05) is 5.69 Å². The van der Waals surface area contributed by atoms with E-state index in [0.717, 1.165) is 27.9 Å². The molecule has 0 unspecified atom stereocenters. The van der Waals surface area contributed by atoms with Crippen LogP contribution < -0.4 is 14.8 Å². The standard InChI is InChI=1S/C27H24N2O4/c1-16-4-8-20(9-5-16)24-25(28-21-10-6-17(2)18(3)12-21)27(31)29(26(24)30)14-19-7-11-22-23(13-19)33-15-32-22/h4-13,28H,14-15H2,1-3H3. The number of aryl methyl sites for hydroxylation is 3. The molecule has 1 N–H and O–H groups in total. The zero-order chi connectivity index (χ0) is 23.1. The van der Waals surface area contributed by atoms with Crippen LogP contribution in [-0.4, -0.2) is 23.5 Å². The molecular weight excluding hydrogens is 416 g/mol. The number of carbonyl (C=O) groups is 2. The van der Waals surface area contributed by atoms with Gasteiger partial charge in [0.15, 0.2) is 11.5 Å². The molecule has 0 atom stereocenters. The first-order valence-electron chi connectivity index (χ1n) is 10.8. The van der Waals surface area contributed by atoms with Crippen LogP contribution in [0.15, 0.2) is 66.4 Å². The quantitative estimate of drug-likeness (QED) is 0.581. The summed E-state index contributed by atoms with van der Waals surface area (Å²) in [7, 11) is 0. The summed E-state index contributed by atoms with van der Waals surface area (Å²) in [6, 6.07) is 19.0. The highest BCUT2D eigenvalue weighted by molar-refractivity contribution is 6.36. The third kappa shape index (κ3) is 3.84. The minimum atomic E-state index is -0.355. The highest BCUT2D eigenvalue weighted by Gasteiger charge is 2.39. The van der Waals surface area contributed by atoms with Gasteiger partial charge in [0.1, 0.15) is 5.70 Å². The van der Waals surface area contributed by atoms with Crippen LogP contribution in [0.1, 0.15) is 27.8 Å². The zero-order valence-corrected chi connectivity index (χ0v) is 18.8. The lowest BCUT2D eigenvalue weighted by Gasteiger charge is -2.16. The van der Waals surface area contributed by atoms with Crippen LogP contribution in [0.2, 0.25) is 0 Å². The molecule has 6 nitrogen and oxygen atoms in total.